The molecule has 4 rings (SSSR count). The van der Waals surface area contributed by atoms with Crippen LogP contribution in [0.15, 0.2) is 79.0 Å². The van der Waals surface area contributed by atoms with Crippen LogP contribution in [0.5, 0.6) is 0 Å². The number of carbonyl (C=O) groups excluding carboxylic acids is 1. The van der Waals surface area contributed by atoms with Gasteiger partial charge in [0.1, 0.15) is 5.82 Å². The van der Waals surface area contributed by atoms with Gasteiger partial charge in [-0.05, 0) is 48.0 Å². The fraction of sp³-hybridized carbons (Fsp3) is 0.167. The second-order valence-corrected chi connectivity index (χ2v) is 7.53. The highest BCUT2D eigenvalue weighted by atomic mass is 35.5. The van der Waals surface area contributed by atoms with Crippen LogP contribution in [0.1, 0.15) is 5.56 Å². The van der Waals surface area contributed by atoms with Crippen molar-refractivity contribution in [2.75, 3.05) is 41.3 Å². The molecule has 1 N–H and O–H groups in total. The highest BCUT2D eigenvalue weighted by Gasteiger charge is 2.18. The van der Waals surface area contributed by atoms with Crippen LogP contribution in [0.3, 0.4) is 0 Å². The first-order valence-electron chi connectivity index (χ1n) is 9.93. The number of hydrogen-bond donors (Lipinski definition) is 1. The minimum absolute atomic E-state index is 0.198. The summed E-state index contributed by atoms with van der Waals surface area (Å²) in [7, 11) is 0. The molecule has 1 saturated heterocycles. The van der Waals surface area contributed by atoms with Crippen molar-refractivity contribution in [2.24, 2.45) is 0 Å². The third kappa shape index (κ3) is 5.19. The van der Waals surface area contributed by atoms with Crippen LogP contribution in [-0.4, -0.2) is 37.1 Å². The van der Waals surface area contributed by atoms with Gasteiger partial charge in [-0.1, -0.05) is 41.9 Å². The highest BCUT2D eigenvalue weighted by Crippen LogP contribution is 2.20. The number of amides is 1. The Morgan fingerprint density at radius 3 is 2.27 bits per heavy atom. The number of pyridine rings is 1. The van der Waals surface area contributed by atoms with E-state index in [1.54, 1.807) is 24.4 Å². The maximum Gasteiger partial charge on any atom is 0.248 e. The molecule has 2 heterocycles. The molecule has 0 bridgehead atoms. The number of carbonyl (C=O) groups is 1. The molecule has 1 aromatic heterocycles. The summed E-state index contributed by atoms with van der Waals surface area (Å²) in [5.41, 5.74) is 2.85. The Morgan fingerprint density at radius 2 is 1.60 bits per heavy atom. The molecule has 0 atom stereocenters. The van der Waals surface area contributed by atoms with Gasteiger partial charge < -0.3 is 15.1 Å². The van der Waals surface area contributed by atoms with Crippen molar-refractivity contribution in [3.8, 4) is 0 Å². The van der Waals surface area contributed by atoms with E-state index in [-0.39, 0.29) is 5.91 Å². The zero-order chi connectivity index (χ0) is 20.8. The first-order valence-corrected chi connectivity index (χ1v) is 10.3. The number of benzene rings is 2. The molecule has 1 aliphatic rings. The molecule has 2 aromatic carbocycles. The fourth-order valence-corrected chi connectivity index (χ4v) is 3.54. The van der Waals surface area contributed by atoms with E-state index in [1.807, 2.05) is 30.3 Å². The number of piperazine rings is 1. The third-order valence-electron chi connectivity index (χ3n) is 5.04. The molecule has 6 heteroatoms. The van der Waals surface area contributed by atoms with Gasteiger partial charge in [-0.25, -0.2) is 4.98 Å². The van der Waals surface area contributed by atoms with Crippen molar-refractivity contribution in [2.45, 2.75) is 0 Å². The maximum absolute atomic E-state index is 12.1. The van der Waals surface area contributed by atoms with Gasteiger partial charge in [0.2, 0.25) is 5.91 Å². The van der Waals surface area contributed by atoms with Gasteiger partial charge in [-0.15, -0.1) is 0 Å². The van der Waals surface area contributed by atoms with Gasteiger partial charge in [0.15, 0.2) is 0 Å². The molecule has 0 aliphatic carbocycles. The lowest BCUT2D eigenvalue weighted by Crippen LogP contribution is -2.46. The predicted molar refractivity (Wildman–Crippen MR) is 124 cm³/mol. The van der Waals surface area contributed by atoms with E-state index in [2.05, 4.69) is 44.4 Å². The van der Waals surface area contributed by atoms with Crippen LogP contribution in [-0.2, 0) is 4.79 Å². The van der Waals surface area contributed by atoms with Crippen LogP contribution in [0.4, 0.5) is 17.2 Å². The average Bonchev–Trinajstić information content (AvgIpc) is 2.80. The minimum Gasteiger partial charge on any atom is -0.368 e. The smallest absolute Gasteiger partial charge is 0.248 e. The monoisotopic (exact) mass is 418 g/mol. The zero-order valence-corrected chi connectivity index (χ0v) is 17.3. The Morgan fingerprint density at radius 1 is 0.900 bits per heavy atom. The number of rotatable bonds is 5. The fourth-order valence-electron chi connectivity index (χ4n) is 3.41. The second-order valence-electron chi connectivity index (χ2n) is 7.09. The van der Waals surface area contributed by atoms with Crippen molar-refractivity contribution < 1.29 is 4.79 Å². The van der Waals surface area contributed by atoms with Crippen molar-refractivity contribution >= 4 is 40.8 Å². The summed E-state index contributed by atoms with van der Waals surface area (Å²) in [4.78, 5) is 21.3. The van der Waals surface area contributed by atoms with Crippen LogP contribution in [0.25, 0.3) is 6.08 Å². The zero-order valence-electron chi connectivity index (χ0n) is 16.5. The lowest BCUT2D eigenvalue weighted by molar-refractivity contribution is -0.111. The number of para-hydroxylation sites is 1. The van der Waals surface area contributed by atoms with Gasteiger partial charge in [0.05, 0.1) is 11.9 Å². The van der Waals surface area contributed by atoms with E-state index in [1.165, 1.54) is 11.8 Å². The summed E-state index contributed by atoms with van der Waals surface area (Å²) in [5, 5.41) is 3.51. The molecule has 1 fully saturated rings. The molecule has 1 aliphatic heterocycles. The number of nitrogens with zero attached hydrogens (tertiary/aromatic N) is 3. The Labute approximate surface area is 181 Å². The molecule has 1 amide bonds. The van der Waals surface area contributed by atoms with Crippen LogP contribution in [0, 0.1) is 0 Å². The topological polar surface area (TPSA) is 48.5 Å². The normalized spacial score (nSPS) is 14.2. The van der Waals surface area contributed by atoms with Crippen molar-refractivity contribution in [3.05, 3.63) is 89.6 Å². The Bertz CT molecular complexity index is 996. The summed E-state index contributed by atoms with van der Waals surface area (Å²) in [5.74, 6) is 0.730. The van der Waals surface area contributed by atoms with E-state index < -0.39 is 0 Å². The van der Waals surface area contributed by atoms with Gasteiger partial charge in [0, 0.05) is 43.0 Å². The molecule has 5 nitrogen and oxygen atoms in total. The second kappa shape index (κ2) is 9.46. The molecule has 30 heavy (non-hydrogen) atoms. The number of hydrogen-bond acceptors (Lipinski definition) is 4. The molecule has 152 valence electrons. The Kier molecular flexibility index (Phi) is 6.30. The summed E-state index contributed by atoms with van der Waals surface area (Å²) in [6.07, 6.45) is 4.95. The van der Waals surface area contributed by atoms with Crippen LogP contribution >= 0.6 is 11.6 Å². The number of nitrogens with one attached hydrogen (secondary N) is 1. The predicted octanol–water partition coefficient (Wildman–Crippen LogP) is 4.71. The summed E-state index contributed by atoms with van der Waals surface area (Å²) in [6.45, 7) is 3.74. The summed E-state index contributed by atoms with van der Waals surface area (Å²) < 4.78 is 0. The number of aromatic nitrogens is 1. The van der Waals surface area contributed by atoms with E-state index >= 15 is 0 Å². The minimum atomic E-state index is -0.198. The molecular weight excluding hydrogens is 396 g/mol. The molecular formula is C24H23ClN4O. The highest BCUT2D eigenvalue weighted by molar-refractivity contribution is 6.30. The van der Waals surface area contributed by atoms with Crippen LogP contribution < -0.4 is 15.1 Å². The first kappa shape index (κ1) is 20.0. The number of anilines is 3. The first-order chi connectivity index (χ1) is 14.7. The standard InChI is InChI=1S/C24H23ClN4O/c25-20-9-6-19(7-10-20)8-13-24(30)27-21-11-12-23(26-18-21)29-16-14-28(15-17-29)22-4-2-1-3-5-22/h1-13,18H,14-17H2,(H,27,30)/b13-8+. The lowest BCUT2D eigenvalue weighted by Gasteiger charge is -2.36. The van der Waals surface area contributed by atoms with E-state index in [4.69, 9.17) is 11.6 Å². The van der Waals surface area contributed by atoms with Crippen molar-refractivity contribution in [1.29, 1.82) is 0 Å². The average molecular weight is 419 g/mol. The van der Waals surface area contributed by atoms with Gasteiger partial charge >= 0.3 is 0 Å². The lowest BCUT2D eigenvalue weighted by atomic mass is 10.2. The van der Waals surface area contributed by atoms with Crippen molar-refractivity contribution in [3.63, 3.8) is 0 Å². The quantitative estimate of drug-likeness (QED) is 0.609. The van der Waals surface area contributed by atoms with Gasteiger partial charge in [-0.3, -0.25) is 4.79 Å². The third-order valence-corrected chi connectivity index (χ3v) is 5.29. The van der Waals surface area contributed by atoms with Gasteiger partial charge in [0.25, 0.3) is 0 Å². The molecule has 3 aromatic rings. The number of halogens is 1. The van der Waals surface area contributed by atoms with E-state index in [0.29, 0.717) is 10.7 Å². The summed E-state index contributed by atoms with van der Waals surface area (Å²) >= 11 is 5.87. The van der Waals surface area contributed by atoms with E-state index in [0.717, 1.165) is 37.6 Å². The molecule has 0 radical (unpaired) electrons. The van der Waals surface area contributed by atoms with Gasteiger partial charge in [-0.2, -0.15) is 0 Å². The molecule has 0 spiro atoms. The summed E-state index contributed by atoms with van der Waals surface area (Å²) in [6, 6.07) is 21.6. The maximum atomic E-state index is 12.1. The molecule has 0 saturated carbocycles. The van der Waals surface area contributed by atoms with E-state index in [9.17, 15) is 4.79 Å². The van der Waals surface area contributed by atoms with Crippen LogP contribution in [0.2, 0.25) is 5.02 Å². The Hall–Kier alpha value is -3.31. The largest absolute Gasteiger partial charge is 0.368 e. The Balaban J connectivity index is 1.30. The molecule has 0 unspecified atom stereocenters. The SMILES string of the molecule is O=C(/C=C/c1ccc(Cl)cc1)Nc1ccc(N2CCN(c3ccccc3)CC2)nc1. The van der Waals surface area contributed by atoms with Crippen molar-refractivity contribution in [1.82, 2.24) is 4.98 Å².